The summed E-state index contributed by atoms with van der Waals surface area (Å²) in [5, 5.41) is 2.34. The fourth-order valence-corrected chi connectivity index (χ4v) is 4.51. The lowest BCUT2D eigenvalue weighted by molar-refractivity contribution is -0.177. The maximum atomic E-state index is 13.4. The average molecular weight is 451 g/mol. The largest absolute Gasteiger partial charge is 0.371 e. The molecule has 0 radical (unpaired) electrons. The third kappa shape index (κ3) is 3.99. The molecule has 5 heteroatoms. The highest BCUT2D eigenvalue weighted by atomic mass is 16.7. The number of aromatic nitrogens is 1. The molecule has 5 rings (SSSR count). The summed E-state index contributed by atoms with van der Waals surface area (Å²) in [4.78, 5) is 19.0. The minimum absolute atomic E-state index is 0.172. The first-order chi connectivity index (χ1) is 16.7. The monoisotopic (exact) mass is 450 g/mol. The third-order valence-corrected chi connectivity index (χ3v) is 6.09. The van der Waals surface area contributed by atoms with Crippen LogP contribution in [0.2, 0.25) is 0 Å². The van der Waals surface area contributed by atoms with Gasteiger partial charge in [-0.1, -0.05) is 84.8 Å². The number of para-hydroxylation sites is 1. The summed E-state index contributed by atoms with van der Waals surface area (Å²) in [5.41, 5.74) is 2.65. The summed E-state index contributed by atoms with van der Waals surface area (Å²) < 4.78 is 8.15. The molecule has 1 aliphatic heterocycles. The van der Waals surface area contributed by atoms with Crippen molar-refractivity contribution in [3.63, 3.8) is 0 Å². The van der Waals surface area contributed by atoms with Crippen LogP contribution in [0.15, 0.2) is 91.0 Å². The zero-order valence-electron chi connectivity index (χ0n) is 19.1. The number of fused-ring (bicyclic) bond motifs is 3. The Morgan fingerprint density at radius 3 is 2.29 bits per heavy atom. The van der Waals surface area contributed by atoms with E-state index >= 15 is 0 Å². The third-order valence-electron chi connectivity index (χ3n) is 6.09. The van der Waals surface area contributed by atoms with E-state index in [1.165, 1.54) is 17.7 Å². The number of aryl methyl sites for hydroxylation is 1. The molecule has 1 unspecified atom stereocenters. The number of ether oxygens (including phenoxy) is 1. The molecule has 1 atom stereocenters. The van der Waals surface area contributed by atoms with E-state index in [1.54, 1.807) is 0 Å². The summed E-state index contributed by atoms with van der Waals surface area (Å²) >= 11 is 0. The molecule has 0 saturated carbocycles. The Morgan fingerprint density at radius 1 is 0.882 bits per heavy atom. The predicted octanol–water partition coefficient (Wildman–Crippen LogP) is 5.16. The van der Waals surface area contributed by atoms with Gasteiger partial charge in [-0.25, -0.2) is 0 Å². The Bertz CT molecular complexity index is 1350. The predicted molar refractivity (Wildman–Crippen MR) is 132 cm³/mol. The maximum absolute atomic E-state index is 13.4. The summed E-state index contributed by atoms with van der Waals surface area (Å²) in [6.45, 7) is 0.583. The second-order valence-electron chi connectivity index (χ2n) is 8.29. The first kappa shape index (κ1) is 22.0. The van der Waals surface area contributed by atoms with Gasteiger partial charge in [-0.05, 0) is 35.6 Å². The Morgan fingerprint density at radius 2 is 1.56 bits per heavy atom. The number of benzene rings is 3. The molecule has 0 aliphatic carbocycles. The molecule has 3 aromatic carbocycles. The molecule has 5 nitrogen and oxygen atoms in total. The SMILES string of the molecule is CON1C(=O)c2cc3ccccc3n2C1(C#CCCc1ccccc1)COCc1ccccc1. The Balaban J connectivity index is 1.52. The molecule has 1 aliphatic rings. The molecular formula is C29H26N2O3. The highest BCUT2D eigenvalue weighted by Crippen LogP contribution is 2.38. The van der Waals surface area contributed by atoms with Crippen LogP contribution in [0.3, 0.4) is 0 Å². The molecule has 170 valence electrons. The van der Waals surface area contributed by atoms with Crippen LogP contribution in [0, 0.1) is 11.8 Å². The maximum Gasteiger partial charge on any atom is 0.297 e. The van der Waals surface area contributed by atoms with E-state index in [0.29, 0.717) is 18.7 Å². The van der Waals surface area contributed by atoms with Crippen LogP contribution >= 0.6 is 0 Å². The van der Waals surface area contributed by atoms with Gasteiger partial charge in [-0.15, -0.1) is 0 Å². The van der Waals surface area contributed by atoms with Crippen molar-refractivity contribution in [1.82, 2.24) is 9.63 Å². The number of hydrogen-bond acceptors (Lipinski definition) is 3. The van der Waals surface area contributed by atoms with Gasteiger partial charge in [0.05, 0.1) is 19.2 Å². The lowest BCUT2D eigenvalue weighted by Gasteiger charge is -2.33. The first-order valence-electron chi connectivity index (χ1n) is 11.4. The molecule has 2 heterocycles. The number of carbonyl (C=O) groups excluding carboxylic acids is 1. The second kappa shape index (κ2) is 9.56. The Hall–Kier alpha value is -3.85. The fraction of sp³-hybridized carbons (Fsp3) is 0.207. The summed E-state index contributed by atoms with van der Waals surface area (Å²) in [6.07, 6.45) is 1.49. The first-order valence-corrected chi connectivity index (χ1v) is 11.4. The van der Waals surface area contributed by atoms with E-state index < -0.39 is 5.66 Å². The van der Waals surface area contributed by atoms with Gasteiger partial charge in [0.15, 0.2) is 0 Å². The minimum Gasteiger partial charge on any atom is -0.371 e. The Labute approximate surface area is 199 Å². The molecule has 1 aromatic heterocycles. The van der Waals surface area contributed by atoms with Crippen LogP contribution < -0.4 is 0 Å². The van der Waals surface area contributed by atoms with Crippen molar-refractivity contribution in [3.05, 3.63) is 108 Å². The van der Waals surface area contributed by atoms with Crippen LogP contribution in [-0.4, -0.2) is 29.3 Å². The molecular weight excluding hydrogens is 424 g/mol. The van der Waals surface area contributed by atoms with Crippen LogP contribution in [-0.2, 0) is 28.3 Å². The molecule has 0 saturated heterocycles. The summed E-state index contributed by atoms with van der Waals surface area (Å²) in [5.74, 6) is 6.48. The normalized spacial score (nSPS) is 17.0. The fourth-order valence-electron chi connectivity index (χ4n) is 4.51. The van der Waals surface area contributed by atoms with Gasteiger partial charge in [0, 0.05) is 11.8 Å². The molecule has 34 heavy (non-hydrogen) atoms. The number of hydroxylamine groups is 2. The lowest BCUT2D eigenvalue weighted by atomic mass is 10.1. The van der Waals surface area contributed by atoms with Gasteiger partial charge < -0.3 is 4.74 Å². The summed E-state index contributed by atoms with van der Waals surface area (Å²) in [7, 11) is 1.50. The standard InChI is InChI=1S/C29H26N2O3/c1-33-31-28(32)27-20-25-17-8-9-18-26(25)30(27)29(31,22-34-21-24-15-6-3-7-16-24)19-11-10-14-23-12-4-2-5-13-23/h2-9,12-13,15-18,20H,10,14,21-22H2,1H3. The highest BCUT2D eigenvalue weighted by molar-refractivity contribution is 6.01. The van der Waals surface area contributed by atoms with E-state index in [2.05, 4.69) is 24.0 Å². The number of carbonyl (C=O) groups is 1. The van der Waals surface area contributed by atoms with Crippen molar-refractivity contribution >= 4 is 16.8 Å². The molecule has 4 aromatic rings. The van der Waals surface area contributed by atoms with E-state index in [1.807, 2.05) is 83.4 Å². The van der Waals surface area contributed by atoms with Crippen molar-refractivity contribution in [3.8, 4) is 11.8 Å². The van der Waals surface area contributed by atoms with Crippen molar-refractivity contribution < 1.29 is 14.4 Å². The van der Waals surface area contributed by atoms with E-state index in [9.17, 15) is 4.79 Å². The van der Waals surface area contributed by atoms with Gasteiger partial charge in [-0.2, -0.15) is 5.06 Å². The van der Waals surface area contributed by atoms with Crippen LogP contribution in [0.1, 0.15) is 28.0 Å². The highest BCUT2D eigenvalue weighted by Gasteiger charge is 2.51. The number of nitrogens with zero attached hydrogens (tertiary/aromatic N) is 2. The van der Waals surface area contributed by atoms with Gasteiger partial charge in [0.2, 0.25) is 5.66 Å². The quantitative estimate of drug-likeness (QED) is 0.365. The van der Waals surface area contributed by atoms with E-state index in [4.69, 9.17) is 9.57 Å². The molecule has 0 bridgehead atoms. The molecule has 0 spiro atoms. The topological polar surface area (TPSA) is 43.7 Å². The molecule has 0 N–H and O–H groups in total. The zero-order chi connectivity index (χ0) is 23.4. The van der Waals surface area contributed by atoms with Crippen LogP contribution in [0.4, 0.5) is 0 Å². The van der Waals surface area contributed by atoms with Crippen molar-refractivity contribution in [2.75, 3.05) is 13.7 Å². The van der Waals surface area contributed by atoms with Crippen molar-refractivity contribution in [2.24, 2.45) is 0 Å². The van der Waals surface area contributed by atoms with Crippen LogP contribution in [0.25, 0.3) is 10.9 Å². The van der Waals surface area contributed by atoms with E-state index in [0.717, 1.165) is 22.9 Å². The smallest absolute Gasteiger partial charge is 0.297 e. The van der Waals surface area contributed by atoms with Gasteiger partial charge >= 0.3 is 0 Å². The van der Waals surface area contributed by atoms with Gasteiger partial charge in [0.25, 0.3) is 5.91 Å². The zero-order valence-corrected chi connectivity index (χ0v) is 19.1. The summed E-state index contributed by atoms with van der Waals surface area (Å²) in [6, 6.07) is 30.1. The van der Waals surface area contributed by atoms with E-state index in [-0.39, 0.29) is 12.5 Å². The number of amides is 1. The van der Waals surface area contributed by atoms with Gasteiger partial charge in [0.1, 0.15) is 12.3 Å². The number of rotatable bonds is 7. The molecule has 1 amide bonds. The number of hydrogen-bond donors (Lipinski definition) is 0. The molecule has 0 fully saturated rings. The Kier molecular flexibility index (Phi) is 6.18. The van der Waals surface area contributed by atoms with Crippen molar-refractivity contribution in [1.29, 1.82) is 0 Å². The average Bonchev–Trinajstić information content (AvgIpc) is 3.37. The van der Waals surface area contributed by atoms with Crippen molar-refractivity contribution in [2.45, 2.75) is 25.1 Å². The lowest BCUT2D eigenvalue weighted by Crippen LogP contribution is -2.49. The second-order valence-corrected chi connectivity index (χ2v) is 8.29. The minimum atomic E-state index is -1.10. The van der Waals surface area contributed by atoms with Gasteiger partial charge in [-0.3, -0.25) is 14.2 Å². The van der Waals surface area contributed by atoms with Crippen LogP contribution in [0.5, 0.6) is 0 Å².